The van der Waals surface area contributed by atoms with Gasteiger partial charge in [-0.05, 0) is 30.9 Å². The lowest BCUT2D eigenvalue weighted by molar-refractivity contribution is -0.125. The molecule has 5 heteroatoms. The maximum Gasteiger partial charge on any atom is 0.223 e. The number of nitrogens with one attached hydrogen (secondary N) is 1. The van der Waals surface area contributed by atoms with Gasteiger partial charge in [-0.2, -0.15) is 0 Å². The van der Waals surface area contributed by atoms with Gasteiger partial charge >= 0.3 is 0 Å². The first-order valence-electron chi connectivity index (χ1n) is 8.19. The standard InChI is InChI=1S/C18H22N2O3/c1-2-5-15-11-16(23-20-15)12-19-18(21)14-8-9-22-17-7-4-3-6-13(17)10-14/h3-4,6-7,11,14H,2,5,8-10,12H2,1H3,(H,19,21). The Labute approximate surface area is 136 Å². The van der Waals surface area contributed by atoms with Gasteiger partial charge in [0, 0.05) is 12.0 Å². The second-order valence-corrected chi connectivity index (χ2v) is 5.90. The second-order valence-electron chi connectivity index (χ2n) is 5.90. The van der Waals surface area contributed by atoms with Crippen molar-refractivity contribution in [2.24, 2.45) is 5.92 Å². The topological polar surface area (TPSA) is 64.4 Å². The molecule has 1 unspecified atom stereocenters. The van der Waals surface area contributed by atoms with E-state index in [0.29, 0.717) is 25.3 Å². The van der Waals surface area contributed by atoms with Crippen molar-refractivity contribution in [3.63, 3.8) is 0 Å². The van der Waals surface area contributed by atoms with Gasteiger partial charge in [0.15, 0.2) is 5.76 Å². The van der Waals surface area contributed by atoms with Crippen molar-refractivity contribution in [3.05, 3.63) is 47.3 Å². The van der Waals surface area contributed by atoms with Crippen LogP contribution in [-0.2, 0) is 24.2 Å². The first-order valence-corrected chi connectivity index (χ1v) is 8.19. The lowest BCUT2D eigenvalue weighted by Crippen LogP contribution is -2.31. The zero-order valence-corrected chi connectivity index (χ0v) is 13.4. The van der Waals surface area contributed by atoms with Crippen molar-refractivity contribution in [2.75, 3.05) is 6.61 Å². The molecule has 5 nitrogen and oxygen atoms in total. The quantitative estimate of drug-likeness (QED) is 0.921. The Hall–Kier alpha value is -2.30. The molecule has 0 saturated carbocycles. The smallest absolute Gasteiger partial charge is 0.223 e. The number of carbonyl (C=O) groups excluding carboxylic acids is 1. The van der Waals surface area contributed by atoms with Crippen molar-refractivity contribution in [3.8, 4) is 5.75 Å². The highest BCUT2D eigenvalue weighted by molar-refractivity contribution is 5.79. The van der Waals surface area contributed by atoms with Crippen LogP contribution in [0.4, 0.5) is 0 Å². The van der Waals surface area contributed by atoms with Crippen molar-refractivity contribution in [2.45, 2.75) is 39.2 Å². The van der Waals surface area contributed by atoms with E-state index in [4.69, 9.17) is 9.26 Å². The summed E-state index contributed by atoms with van der Waals surface area (Å²) >= 11 is 0. The monoisotopic (exact) mass is 314 g/mol. The average Bonchev–Trinajstić information content (AvgIpc) is 2.89. The third-order valence-electron chi connectivity index (χ3n) is 4.08. The third kappa shape index (κ3) is 3.92. The number of hydrogen-bond donors (Lipinski definition) is 1. The predicted octanol–water partition coefficient (Wildman–Crippen LogP) is 2.88. The molecule has 0 radical (unpaired) electrons. The second kappa shape index (κ2) is 7.31. The molecule has 0 saturated heterocycles. The normalized spacial score (nSPS) is 17.0. The molecule has 1 aliphatic rings. The highest BCUT2D eigenvalue weighted by atomic mass is 16.5. The van der Waals surface area contributed by atoms with Crippen LogP contribution in [0.2, 0.25) is 0 Å². The van der Waals surface area contributed by atoms with E-state index in [2.05, 4.69) is 17.4 Å². The van der Waals surface area contributed by atoms with Gasteiger partial charge in [0.2, 0.25) is 5.91 Å². The van der Waals surface area contributed by atoms with Crippen LogP contribution in [0.25, 0.3) is 0 Å². The first kappa shape index (κ1) is 15.6. The largest absolute Gasteiger partial charge is 0.493 e. The van der Waals surface area contributed by atoms with E-state index in [-0.39, 0.29) is 11.8 Å². The van der Waals surface area contributed by atoms with E-state index in [0.717, 1.165) is 36.3 Å². The van der Waals surface area contributed by atoms with E-state index in [1.165, 1.54) is 0 Å². The summed E-state index contributed by atoms with van der Waals surface area (Å²) < 4.78 is 11.0. The molecule has 1 aromatic heterocycles. The summed E-state index contributed by atoms with van der Waals surface area (Å²) in [5.41, 5.74) is 2.03. The summed E-state index contributed by atoms with van der Waals surface area (Å²) in [5.74, 6) is 1.56. The SMILES string of the molecule is CCCc1cc(CNC(=O)C2CCOc3ccccc3C2)on1. The van der Waals surface area contributed by atoms with E-state index < -0.39 is 0 Å². The number of hydrogen-bond acceptors (Lipinski definition) is 4. The molecule has 23 heavy (non-hydrogen) atoms. The minimum Gasteiger partial charge on any atom is -0.493 e. The van der Waals surface area contributed by atoms with Gasteiger partial charge in [0.05, 0.1) is 18.8 Å². The van der Waals surface area contributed by atoms with Crippen LogP contribution < -0.4 is 10.1 Å². The Bertz CT molecular complexity index is 666. The van der Waals surface area contributed by atoms with Crippen LogP contribution in [0, 0.1) is 5.92 Å². The van der Waals surface area contributed by atoms with Crippen LogP contribution in [0.5, 0.6) is 5.75 Å². The maximum absolute atomic E-state index is 12.4. The van der Waals surface area contributed by atoms with Crippen LogP contribution in [0.3, 0.4) is 0 Å². The number of benzene rings is 1. The van der Waals surface area contributed by atoms with Crippen LogP contribution in [0.1, 0.15) is 36.8 Å². The summed E-state index contributed by atoms with van der Waals surface area (Å²) in [5, 5.41) is 6.95. The van der Waals surface area contributed by atoms with Crippen LogP contribution in [0.15, 0.2) is 34.9 Å². The number of carbonyl (C=O) groups is 1. The fourth-order valence-corrected chi connectivity index (χ4v) is 2.85. The highest BCUT2D eigenvalue weighted by Crippen LogP contribution is 2.26. The molecule has 1 aromatic carbocycles. The van der Waals surface area contributed by atoms with Gasteiger partial charge in [-0.1, -0.05) is 36.7 Å². The Morgan fingerprint density at radius 2 is 2.26 bits per heavy atom. The molecular formula is C18H22N2O3. The number of aryl methyl sites for hydroxylation is 1. The Morgan fingerprint density at radius 3 is 3.13 bits per heavy atom. The molecule has 0 aliphatic carbocycles. The molecule has 1 atom stereocenters. The average molecular weight is 314 g/mol. The summed E-state index contributed by atoms with van der Waals surface area (Å²) in [4.78, 5) is 12.4. The molecule has 0 bridgehead atoms. The zero-order chi connectivity index (χ0) is 16.1. The summed E-state index contributed by atoms with van der Waals surface area (Å²) in [7, 11) is 0. The van der Waals surface area contributed by atoms with Crippen LogP contribution in [-0.4, -0.2) is 17.7 Å². The number of aromatic nitrogens is 1. The Kier molecular flexibility index (Phi) is 4.95. The van der Waals surface area contributed by atoms with E-state index in [1.54, 1.807) is 0 Å². The van der Waals surface area contributed by atoms with Crippen LogP contribution >= 0.6 is 0 Å². The molecule has 2 heterocycles. The Morgan fingerprint density at radius 1 is 1.39 bits per heavy atom. The number of ether oxygens (including phenoxy) is 1. The summed E-state index contributed by atoms with van der Waals surface area (Å²) in [6, 6.07) is 9.83. The molecule has 122 valence electrons. The minimum atomic E-state index is -0.0725. The first-order chi connectivity index (χ1) is 11.3. The van der Waals surface area contributed by atoms with E-state index in [9.17, 15) is 4.79 Å². The summed E-state index contributed by atoms with van der Waals surface area (Å²) in [6.07, 6.45) is 3.35. The van der Waals surface area contributed by atoms with E-state index in [1.807, 2.05) is 30.3 Å². The fourth-order valence-electron chi connectivity index (χ4n) is 2.85. The number of amides is 1. The van der Waals surface area contributed by atoms with Crippen molar-refractivity contribution in [1.29, 1.82) is 0 Å². The number of para-hydroxylation sites is 1. The maximum atomic E-state index is 12.4. The molecule has 1 aliphatic heterocycles. The molecule has 0 fully saturated rings. The number of nitrogens with zero attached hydrogens (tertiary/aromatic N) is 1. The van der Waals surface area contributed by atoms with Gasteiger partial charge in [-0.3, -0.25) is 4.79 Å². The summed E-state index contributed by atoms with van der Waals surface area (Å²) in [6.45, 7) is 3.05. The molecular weight excluding hydrogens is 292 g/mol. The van der Waals surface area contributed by atoms with Gasteiger partial charge in [-0.15, -0.1) is 0 Å². The van der Waals surface area contributed by atoms with E-state index >= 15 is 0 Å². The van der Waals surface area contributed by atoms with Gasteiger partial charge < -0.3 is 14.6 Å². The molecule has 1 N–H and O–H groups in total. The lowest BCUT2D eigenvalue weighted by Gasteiger charge is -2.13. The van der Waals surface area contributed by atoms with Gasteiger partial charge in [0.25, 0.3) is 0 Å². The highest BCUT2D eigenvalue weighted by Gasteiger charge is 2.23. The van der Waals surface area contributed by atoms with Gasteiger partial charge in [0.1, 0.15) is 5.75 Å². The molecule has 0 spiro atoms. The zero-order valence-electron chi connectivity index (χ0n) is 13.4. The molecule has 1 amide bonds. The molecule has 3 rings (SSSR count). The fraction of sp³-hybridized carbons (Fsp3) is 0.444. The van der Waals surface area contributed by atoms with Crippen molar-refractivity contribution >= 4 is 5.91 Å². The third-order valence-corrected chi connectivity index (χ3v) is 4.08. The van der Waals surface area contributed by atoms with Gasteiger partial charge in [-0.25, -0.2) is 0 Å². The van der Waals surface area contributed by atoms with Crippen molar-refractivity contribution in [1.82, 2.24) is 10.5 Å². The lowest BCUT2D eigenvalue weighted by atomic mass is 9.96. The molecule has 2 aromatic rings. The van der Waals surface area contributed by atoms with Crippen molar-refractivity contribution < 1.29 is 14.1 Å². The number of fused-ring (bicyclic) bond motifs is 1. The number of rotatable bonds is 5. The predicted molar refractivity (Wildman–Crippen MR) is 86.1 cm³/mol. The Balaban J connectivity index is 1.57. The minimum absolute atomic E-state index is 0.0405.